The molecular weight excluding hydrogens is 302 g/mol. The molecule has 0 aliphatic rings. The zero-order valence-electron chi connectivity index (χ0n) is 12.2. The molecule has 0 bridgehead atoms. The minimum atomic E-state index is -0.721. The van der Waals surface area contributed by atoms with Crippen molar-refractivity contribution in [2.45, 2.75) is 0 Å². The molecule has 118 valence electrons. The molecule has 0 unspecified atom stereocenters. The Bertz CT molecular complexity index is 721. The molecular formula is C16H13NO6. The summed E-state index contributed by atoms with van der Waals surface area (Å²) in [7, 11) is 1.52. The predicted molar refractivity (Wildman–Crippen MR) is 80.7 cm³/mol. The molecule has 23 heavy (non-hydrogen) atoms. The van der Waals surface area contributed by atoms with Gasteiger partial charge in [0.15, 0.2) is 12.4 Å². The van der Waals surface area contributed by atoms with Crippen LogP contribution in [0.25, 0.3) is 0 Å². The Hall–Kier alpha value is -3.22. The van der Waals surface area contributed by atoms with Crippen molar-refractivity contribution in [2.24, 2.45) is 0 Å². The van der Waals surface area contributed by atoms with E-state index in [0.717, 1.165) is 0 Å². The second-order valence-electron chi connectivity index (χ2n) is 4.53. The minimum absolute atomic E-state index is 0.129. The van der Waals surface area contributed by atoms with E-state index in [9.17, 15) is 19.7 Å². The molecule has 0 spiro atoms. The zero-order chi connectivity index (χ0) is 16.8. The maximum Gasteiger partial charge on any atom is 0.338 e. The summed E-state index contributed by atoms with van der Waals surface area (Å²) in [4.78, 5) is 33.7. The number of non-ortho nitro benzene ring substituents is 1. The van der Waals surface area contributed by atoms with Gasteiger partial charge >= 0.3 is 5.97 Å². The average molecular weight is 315 g/mol. The van der Waals surface area contributed by atoms with Crippen LogP contribution < -0.4 is 4.74 Å². The molecule has 2 aromatic carbocycles. The van der Waals surface area contributed by atoms with Crippen molar-refractivity contribution >= 4 is 17.4 Å². The standard InChI is InChI=1S/C16H13NO6/c1-22-14-8-4-11(5-9-14)15(18)10-23-16(19)12-2-6-13(7-3-12)17(20)21/h2-9H,10H2,1H3. The lowest BCUT2D eigenvalue weighted by molar-refractivity contribution is -0.384. The Morgan fingerprint density at radius 3 is 2.09 bits per heavy atom. The van der Waals surface area contributed by atoms with Gasteiger partial charge in [0.05, 0.1) is 17.6 Å². The quantitative estimate of drug-likeness (QED) is 0.352. The van der Waals surface area contributed by atoms with Crippen LogP contribution in [0.1, 0.15) is 20.7 Å². The third kappa shape index (κ3) is 4.13. The number of rotatable bonds is 6. The Kier molecular flexibility index (Phi) is 5.03. The summed E-state index contributed by atoms with van der Waals surface area (Å²) < 4.78 is 9.90. The topological polar surface area (TPSA) is 95.7 Å². The van der Waals surface area contributed by atoms with Gasteiger partial charge < -0.3 is 9.47 Å². The normalized spacial score (nSPS) is 9.96. The van der Waals surface area contributed by atoms with Crippen molar-refractivity contribution in [3.63, 3.8) is 0 Å². The number of hydrogen-bond acceptors (Lipinski definition) is 6. The highest BCUT2D eigenvalue weighted by molar-refractivity contribution is 5.99. The van der Waals surface area contributed by atoms with E-state index in [1.54, 1.807) is 24.3 Å². The van der Waals surface area contributed by atoms with Crippen LogP contribution in [0.2, 0.25) is 0 Å². The zero-order valence-corrected chi connectivity index (χ0v) is 12.2. The molecule has 0 fully saturated rings. The van der Waals surface area contributed by atoms with E-state index in [-0.39, 0.29) is 17.0 Å². The van der Waals surface area contributed by atoms with Gasteiger partial charge in [-0.25, -0.2) is 4.79 Å². The first-order chi connectivity index (χ1) is 11.0. The minimum Gasteiger partial charge on any atom is -0.497 e. The molecule has 7 heteroatoms. The SMILES string of the molecule is COc1ccc(C(=O)COC(=O)c2ccc([N+](=O)[O-])cc2)cc1. The van der Waals surface area contributed by atoms with E-state index >= 15 is 0 Å². The van der Waals surface area contributed by atoms with Crippen LogP contribution in [0, 0.1) is 10.1 Å². The largest absolute Gasteiger partial charge is 0.497 e. The summed E-state index contributed by atoms with van der Waals surface area (Å²) >= 11 is 0. The van der Waals surface area contributed by atoms with Crippen LogP contribution in [0.15, 0.2) is 48.5 Å². The smallest absolute Gasteiger partial charge is 0.338 e. The van der Waals surface area contributed by atoms with Gasteiger partial charge in [0, 0.05) is 17.7 Å². The van der Waals surface area contributed by atoms with Crippen molar-refractivity contribution in [3.05, 3.63) is 69.8 Å². The number of ketones is 1. The fourth-order valence-electron chi connectivity index (χ4n) is 1.79. The first kappa shape index (κ1) is 16.2. The second kappa shape index (κ2) is 7.17. The van der Waals surface area contributed by atoms with Crippen LogP contribution in [-0.4, -0.2) is 30.4 Å². The summed E-state index contributed by atoms with van der Waals surface area (Å²) in [6.07, 6.45) is 0. The summed E-state index contributed by atoms with van der Waals surface area (Å²) in [6.45, 7) is -0.415. The number of nitro benzene ring substituents is 1. The van der Waals surface area contributed by atoms with Gasteiger partial charge in [0.25, 0.3) is 5.69 Å². The van der Waals surface area contributed by atoms with Crippen LogP contribution in [0.4, 0.5) is 5.69 Å². The van der Waals surface area contributed by atoms with Crippen LogP contribution in [0.5, 0.6) is 5.75 Å². The van der Waals surface area contributed by atoms with E-state index in [0.29, 0.717) is 11.3 Å². The van der Waals surface area contributed by atoms with Crippen molar-refractivity contribution in [3.8, 4) is 5.75 Å². The molecule has 0 aliphatic carbocycles. The maximum atomic E-state index is 11.9. The Balaban J connectivity index is 1.94. The second-order valence-corrected chi connectivity index (χ2v) is 4.53. The molecule has 0 atom stereocenters. The highest BCUT2D eigenvalue weighted by Gasteiger charge is 2.13. The van der Waals surface area contributed by atoms with Crippen molar-refractivity contribution in [1.29, 1.82) is 0 Å². The third-order valence-corrected chi connectivity index (χ3v) is 3.06. The highest BCUT2D eigenvalue weighted by atomic mass is 16.6. The van der Waals surface area contributed by atoms with Crippen LogP contribution in [-0.2, 0) is 4.74 Å². The molecule has 2 rings (SSSR count). The lowest BCUT2D eigenvalue weighted by atomic mass is 10.1. The third-order valence-electron chi connectivity index (χ3n) is 3.06. The number of Topliss-reactive ketones (excluding diaryl/α,β-unsaturated/α-hetero) is 1. The highest BCUT2D eigenvalue weighted by Crippen LogP contribution is 2.14. The van der Waals surface area contributed by atoms with Gasteiger partial charge in [-0.15, -0.1) is 0 Å². The predicted octanol–water partition coefficient (Wildman–Crippen LogP) is 2.64. The number of carbonyl (C=O) groups is 2. The average Bonchev–Trinajstić information content (AvgIpc) is 2.59. The number of nitro groups is 1. The van der Waals surface area contributed by atoms with E-state index in [1.807, 2.05) is 0 Å². The van der Waals surface area contributed by atoms with Crippen molar-refractivity contribution in [2.75, 3.05) is 13.7 Å². The molecule has 0 N–H and O–H groups in total. The monoisotopic (exact) mass is 315 g/mol. The molecule has 0 radical (unpaired) electrons. The Morgan fingerprint density at radius 1 is 1.00 bits per heavy atom. The first-order valence-corrected chi connectivity index (χ1v) is 6.60. The summed E-state index contributed by atoms with van der Waals surface area (Å²) in [5.74, 6) is -0.464. The van der Waals surface area contributed by atoms with E-state index in [4.69, 9.17) is 9.47 Å². The number of nitrogens with zero attached hydrogens (tertiary/aromatic N) is 1. The van der Waals surface area contributed by atoms with Crippen molar-refractivity contribution in [1.82, 2.24) is 0 Å². The molecule has 0 heterocycles. The summed E-state index contributed by atoms with van der Waals surface area (Å²) in [5.41, 5.74) is 0.399. The van der Waals surface area contributed by atoms with Gasteiger partial charge in [0.1, 0.15) is 5.75 Å². The van der Waals surface area contributed by atoms with Gasteiger partial charge in [-0.3, -0.25) is 14.9 Å². The molecule has 7 nitrogen and oxygen atoms in total. The maximum absolute atomic E-state index is 11.9. The van der Waals surface area contributed by atoms with Gasteiger partial charge in [-0.2, -0.15) is 0 Å². The van der Waals surface area contributed by atoms with Gasteiger partial charge in [-0.1, -0.05) is 0 Å². The van der Waals surface area contributed by atoms with E-state index < -0.39 is 17.5 Å². The van der Waals surface area contributed by atoms with E-state index in [2.05, 4.69) is 0 Å². The van der Waals surface area contributed by atoms with Crippen molar-refractivity contribution < 1.29 is 24.0 Å². The number of ether oxygens (including phenoxy) is 2. The fraction of sp³-hybridized carbons (Fsp3) is 0.125. The molecule has 2 aromatic rings. The Morgan fingerprint density at radius 2 is 1.57 bits per heavy atom. The molecule has 0 saturated carbocycles. The lowest BCUT2D eigenvalue weighted by Gasteiger charge is -2.05. The van der Waals surface area contributed by atoms with E-state index in [1.165, 1.54) is 31.4 Å². The molecule has 0 saturated heterocycles. The van der Waals surface area contributed by atoms with Crippen LogP contribution in [0.3, 0.4) is 0 Å². The van der Waals surface area contributed by atoms with Gasteiger partial charge in [0.2, 0.25) is 0 Å². The number of carbonyl (C=O) groups excluding carboxylic acids is 2. The number of hydrogen-bond donors (Lipinski definition) is 0. The fourth-order valence-corrected chi connectivity index (χ4v) is 1.79. The molecule has 0 aromatic heterocycles. The number of methoxy groups -OCH3 is 1. The summed E-state index contributed by atoms with van der Waals surface area (Å²) in [5, 5.41) is 10.5. The Labute approximate surface area is 131 Å². The summed E-state index contributed by atoms with van der Waals surface area (Å²) in [6, 6.07) is 11.3. The number of benzene rings is 2. The molecule has 0 aliphatic heterocycles. The van der Waals surface area contributed by atoms with Crippen LogP contribution >= 0.6 is 0 Å². The van der Waals surface area contributed by atoms with Gasteiger partial charge in [-0.05, 0) is 36.4 Å². The molecule has 0 amide bonds. The lowest BCUT2D eigenvalue weighted by Crippen LogP contribution is -2.14. The number of esters is 1. The first-order valence-electron chi connectivity index (χ1n) is 6.60.